The Morgan fingerprint density at radius 1 is 0.933 bits per heavy atom. The van der Waals surface area contributed by atoms with E-state index in [1.165, 1.54) is 50.5 Å². The molecule has 0 heteroatoms. The zero-order chi connectivity index (χ0) is 11.4. The third-order valence-electron chi connectivity index (χ3n) is 2.76. The van der Waals surface area contributed by atoms with Crippen molar-refractivity contribution in [2.45, 2.75) is 72.1 Å². The lowest BCUT2D eigenvalue weighted by molar-refractivity contribution is 0.608. The Bertz CT molecular complexity index is 174. The highest BCUT2D eigenvalue weighted by Gasteiger charge is 1.93. The highest BCUT2D eigenvalue weighted by molar-refractivity contribution is 5.17. The van der Waals surface area contributed by atoms with Crippen LogP contribution in [0.5, 0.6) is 0 Å². The van der Waals surface area contributed by atoms with Crippen molar-refractivity contribution in [2.75, 3.05) is 0 Å². The van der Waals surface area contributed by atoms with Gasteiger partial charge in [-0.2, -0.15) is 0 Å². The minimum Gasteiger partial charge on any atom is -0.0845 e. The summed E-state index contributed by atoms with van der Waals surface area (Å²) in [7, 11) is 0. The van der Waals surface area contributed by atoms with Crippen LogP contribution in [0.25, 0.3) is 0 Å². The average Bonchev–Trinajstić information content (AvgIpc) is 2.27. The van der Waals surface area contributed by atoms with E-state index in [0.717, 1.165) is 6.42 Å². The maximum absolute atomic E-state index is 2.28. The van der Waals surface area contributed by atoms with Crippen LogP contribution in [0.2, 0.25) is 0 Å². The average molecular weight is 208 g/mol. The lowest BCUT2D eigenvalue weighted by Crippen LogP contribution is -1.82. The largest absolute Gasteiger partial charge is 0.0845 e. The van der Waals surface area contributed by atoms with E-state index in [0.29, 0.717) is 0 Å². The molecule has 0 bridgehead atoms. The molecule has 0 amide bonds. The van der Waals surface area contributed by atoms with Crippen LogP contribution in [0.1, 0.15) is 72.1 Å². The molecule has 0 aliphatic carbocycles. The zero-order valence-electron chi connectivity index (χ0n) is 10.9. The number of rotatable bonds is 9. The normalized spacial score (nSPS) is 12.6. The minimum atomic E-state index is 1.15. The maximum Gasteiger partial charge on any atom is -0.0282 e. The summed E-state index contributed by atoms with van der Waals surface area (Å²) in [5, 5.41) is 0. The van der Waals surface area contributed by atoms with Gasteiger partial charge in [0.2, 0.25) is 0 Å². The molecule has 0 unspecified atom stereocenters. The third-order valence-corrected chi connectivity index (χ3v) is 2.76. The Kier molecular flexibility index (Phi) is 11.2. The van der Waals surface area contributed by atoms with E-state index in [4.69, 9.17) is 0 Å². The number of hydrogen-bond acceptors (Lipinski definition) is 0. The molecule has 15 heavy (non-hydrogen) atoms. The predicted molar refractivity (Wildman–Crippen MR) is 71.2 cm³/mol. The van der Waals surface area contributed by atoms with Crippen LogP contribution in [0.15, 0.2) is 23.8 Å². The van der Waals surface area contributed by atoms with Crippen molar-refractivity contribution in [3.63, 3.8) is 0 Å². The molecule has 0 saturated heterocycles. The van der Waals surface area contributed by atoms with Crippen molar-refractivity contribution in [3.8, 4) is 0 Å². The zero-order valence-corrected chi connectivity index (χ0v) is 10.9. The Morgan fingerprint density at radius 3 is 2.20 bits per heavy atom. The fourth-order valence-electron chi connectivity index (χ4n) is 1.70. The molecule has 0 aliphatic rings. The Balaban J connectivity index is 3.43. The second-order valence-electron chi connectivity index (χ2n) is 4.19. The second-order valence-corrected chi connectivity index (χ2v) is 4.19. The monoisotopic (exact) mass is 208 g/mol. The van der Waals surface area contributed by atoms with Crippen LogP contribution in [-0.2, 0) is 0 Å². The van der Waals surface area contributed by atoms with E-state index in [9.17, 15) is 0 Å². The first-order valence-corrected chi connectivity index (χ1v) is 6.66. The van der Waals surface area contributed by atoms with Gasteiger partial charge >= 0.3 is 0 Å². The van der Waals surface area contributed by atoms with Gasteiger partial charge in [0.15, 0.2) is 0 Å². The number of unbranched alkanes of at least 4 members (excludes halogenated alkanes) is 5. The molecule has 0 fully saturated rings. The van der Waals surface area contributed by atoms with Crippen LogP contribution in [0.3, 0.4) is 0 Å². The van der Waals surface area contributed by atoms with Gasteiger partial charge in [-0.25, -0.2) is 0 Å². The standard InChI is InChI=1S/C15H28/c1-4-7-9-10-11-12-14-15(6-3)13-8-5-2/h6,8,13H,4-5,7,9-12,14H2,1-3H3. The lowest BCUT2D eigenvalue weighted by atomic mass is 10.0. The first kappa shape index (κ1) is 14.5. The molecular weight excluding hydrogens is 180 g/mol. The molecule has 0 rings (SSSR count). The number of hydrogen-bond donors (Lipinski definition) is 0. The van der Waals surface area contributed by atoms with Gasteiger partial charge in [-0.05, 0) is 26.2 Å². The van der Waals surface area contributed by atoms with E-state index in [1.807, 2.05) is 0 Å². The summed E-state index contributed by atoms with van der Waals surface area (Å²) in [5.41, 5.74) is 1.51. The molecule has 0 aliphatic heterocycles. The molecule has 0 aromatic rings. The molecular formula is C15H28. The first-order valence-electron chi connectivity index (χ1n) is 6.66. The summed E-state index contributed by atoms with van der Waals surface area (Å²) < 4.78 is 0. The van der Waals surface area contributed by atoms with Gasteiger partial charge in [0.1, 0.15) is 0 Å². The van der Waals surface area contributed by atoms with Gasteiger partial charge in [0.25, 0.3) is 0 Å². The lowest BCUT2D eigenvalue weighted by Gasteiger charge is -2.02. The predicted octanol–water partition coefficient (Wildman–Crippen LogP) is 5.65. The van der Waals surface area contributed by atoms with Crippen LogP contribution < -0.4 is 0 Å². The summed E-state index contributed by atoms with van der Waals surface area (Å²) in [4.78, 5) is 0. The van der Waals surface area contributed by atoms with Crippen LogP contribution in [-0.4, -0.2) is 0 Å². The van der Waals surface area contributed by atoms with Gasteiger partial charge in [-0.15, -0.1) is 0 Å². The minimum absolute atomic E-state index is 1.15. The van der Waals surface area contributed by atoms with E-state index in [1.54, 1.807) is 0 Å². The van der Waals surface area contributed by atoms with Crippen molar-refractivity contribution in [1.29, 1.82) is 0 Å². The van der Waals surface area contributed by atoms with Gasteiger partial charge in [-0.3, -0.25) is 0 Å². The first-order chi connectivity index (χ1) is 7.35. The third kappa shape index (κ3) is 9.78. The number of allylic oxidation sites excluding steroid dienone is 4. The van der Waals surface area contributed by atoms with Crippen molar-refractivity contribution in [3.05, 3.63) is 23.8 Å². The van der Waals surface area contributed by atoms with Gasteiger partial charge in [-0.1, -0.05) is 69.8 Å². The summed E-state index contributed by atoms with van der Waals surface area (Å²) in [6.07, 6.45) is 17.6. The molecule has 0 nitrogen and oxygen atoms in total. The fraction of sp³-hybridized carbons (Fsp3) is 0.733. The SMILES string of the molecule is CC=C(C=CCC)CCCCCCCC. The molecule has 0 atom stereocenters. The van der Waals surface area contributed by atoms with Crippen molar-refractivity contribution in [2.24, 2.45) is 0 Å². The second kappa shape index (κ2) is 11.6. The van der Waals surface area contributed by atoms with Crippen molar-refractivity contribution in [1.82, 2.24) is 0 Å². The Morgan fingerprint density at radius 2 is 1.60 bits per heavy atom. The van der Waals surface area contributed by atoms with Crippen LogP contribution in [0, 0.1) is 0 Å². The van der Waals surface area contributed by atoms with Crippen LogP contribution >= 0.6 is 0 Å². The van der Waals surface area contributed by atoms with Crippen molar-refractivity contribution >= 4 is 0 Å². The maximum atomic E-state index is 2.28. The molecule has 88 valence electrons. The fourth-order valence-corrected chi connectivity index (χ4v) is 1.70. The van der Waals surface area contributed by atoms with Crippen LogP contribution in [0.4, 0.5) is 0 Å². The van der Waals surface area contributed by atoms with Gasteiger partial charge < -0.3 is 0 Å². The highest BCUT2D eigenvalue weighted by Crippen LogP contribution is 2.12. The molecule has 0 aromatic heterocycles. The quantitative estimate of drug-likeness (QED) is 0.339. The highest BCUT2D eigenvalue weighted by atomic mass is 14.0. The summed E-state index contributed by atoms with van der Waals surface area (Å²) in [5.74, 6) is 0. The molecule has 0 heterocycles. The van der Waals surface area contributed by atoms with E-state index >= 15 is 0 Å². The molecule has 0 saturated carbocycles. The molecule has 0 aromatic carbocycles. The van der Waals surface area contributed by atoms with E-state index in [2.05, 4.69) is 39.0 Å². The van der Waals surface area contributed by atoms with E-state index in [-0.39, 0.29) is 0 Å². The molecule has 0 N–H and O–H groups in total. The molecule has 0 spiro atoms. The van der Waals surface area contributed by atoms with E-state index < -0.39 is 0 Å². The van der Waals surface area contributed by atoms with Gasteiger partial charge in [0, 0.05) is 0 Å². The summed E-state index contributed by atoms with van der Waals surface area (Å²) in [6.45, 7) is 6.61. The topological polar surface area (TPSA) is 0 Å². The van der Waals surface area contributed by atoms with Gasteiger partial charge in [0.05, 0.1) is 0 Å². The Labute approximate surface area is 96.5 Å². The summed E-state index contributed by atoms with van der Waals surface area (Å²) >= 11 is 0. The summed E-state index contributed by atoms with van der Waals surface area (Å²) in [6, 6.07) is 0. The Hall–Kier alpha value is -0.520. The molecule has 0 radical (unpaired) electrons. The van der Waals surface area contributed by atoms with Crippen molar-refractivity contribution < 1.29 is 0 Å². The smallest absolute Gasteiger partial charge is 0.0282 e.